The number of sulfonamides is 1. The molecule has 0 unspecified atom stereocenters. The minimum absolute atomic E-state index is 0.0528. The van der Waals surface area contributed by atoms with Gasteiger partial charge in [0.15, 0.2) is 0 Å². The van der Waals surface area contributed by atoms with Crippen LogP contribution in [0.3, 0.4) is 0 Å². The molecule has 150 valence electrons. The van der Waals surface area contributed by atoms with E-state index in [2.05, 4.69) is 10.0 Å². The first-order valence-corrected chi connectivity index (χ1v) is 11.0. The molecule has 0 spiro atoms. The van der Waals surface area contributed by atoms with Gasteiger partial charge in [-0.2, -0.15) is 0 Å². The maximum absolute atomic E-state index is 12.6. The Morgan fingerprint density at radius 1 is 1.04 bits per heavy atom. The summed E-state index contributed by atoms with van der Waals surface area (Å²) in [4.78, 5) is 12.6. The molecule has 0 bridgehead atoms. The molecule has 3 rings (SSSR count). The SMILES string of the molecule is CCCNC(=O)C1(c2ccc(NS(=O)(=O)c3ccc(OCC)cc3)cc2)CC1. The Balaban J connectivity index is 1.71. The second kappa shape index (κ2) is 8.22. The van der Waals surface area contributed by atoms with Crippen LogP contribution in [0.4, 0.5) is 5.69 Å². The molecule has 2 aromatic rings. The van der Waals surface area contributed by atoms with Crippen molar-refractivity contribution in [2.45, 2.75) is 43.4 Å². The molecular weight excluding hydrogens is 376 g/mol. The molecule has 2 aromatic carbocycles. The fourth-order valence-corrected chi connectivity index (χ4v) is 4.19. The molecule has 0 atom stereocenters. The van der Waals surface area contributed by atoms with Crippen molar-refractivity contribution >= 4 is 21.6 Å². The van der Waals surface area contributed by atoms with E-state index >= 15 is 0 Å². The van der Waals surface area contributed by atoms with Crippen LogP contribution in [0.2, 0.25) is 0 Å². The van der Waals surface area contributed by atoms with Crippen LogP contribution in [0.15, 0.2) is 53.4 Å². The summed E-state index contributed by atoms with van der Waals surface area (Å²) in [7, 11) is -3.69. The van der Waals surface area contributed by atoms with Gasteiger partial charge in [-0.3, -0.25) is 9.52 Å². The third-order valence-electron chi connectivity index (χ3n) is 4.85. The summed E-state index contributed by atoms with van der Waals surface area (Å²) in [5.74, 6) is 0.680. The summed E-state index contributed by atoms with van der Waals surface area (Å²) in [6, 6.07) is 13.4. The molecular formula is C21H26N2O4S. The number of rotatable bonds is 9. The van der Waals surface area contributed by atoms with Crippen molar-refractivity contribution in [2.24, 2.45) is 0 Å². The fourth-order valence-electron chi connectivity index (χ4n) is 3.13. The van der Waals surface area contributed by atoms with Gasteiger partial charge in [-0.15, -0.1) is 0 Å². The van der Waals surface area contributed by atoms with Crippen molar-refractivity contribution in [2.75, 3.05) is 17.9 Å². The number of hydrogen-bond acceptors (Lipinski definition) is 4. The van der Waals surface area contributed by atoms with Gasteiger partial charge < -0.3 is 10.1 Å². The lowest BCUT2D eigenvalue weighted by atomic mass is 9.95. The van der Waals surface area contributed by atoms with Crippen LogP contribution < -0.4 is 14.8 Å². The van der Waals surface area contributed by atoms with Crippen LogP contribution in [0.1, 0.15) is 38.7 Å². The van der Waals surface area contributed by atoms with Crippen molar-refractivity contribution < 1.29 is 17.9 Å². The lowest BCUT2D eigenvalue weighted by molar-refractivity contribution is -0.123. The van der Waals surface area contributed by atoms with Gasteiger partial charge in [-0.1, -0.05) is 19.1 Å². The average molecular weight is 403 g/mol. The minimum Gasteiger partial charge on any atom is -0.494 e. The smallest absolute Gasteiger partial charge is 0.261 e. The molecule has 1 saturated carbocycles. The largest absolute Gasteiger partial charge is 0.494 e. The first kappa shape index (κ1) is 20.2. The molecule has 0 saturated heterocycles. The number of anilines is 1. The summed E-state index contributed by atoms with van der Waals surface area (Å²) in [5.41, 5.74) is 0.925. The highest BCUT2D eigenvalue weighted by molar-refractivity contribution is 7.92. The Morgan fingerprint density at radius 2 is 1.68 bits per heavy atom. The number of carbonyl (C=O) groups excluding carboxylic acids is 1. The molecule has 6 nitrogen and oxygen atoms in total. The standard InChI is InChI=1S/C21H26N2O4S/c1-3-15-22-20(24)21(13-14-21)16-5-7-17(8-6-16)23-28(25,26)19-11-9-18(10-12-19)27-4-2/h5-12,23H,3-4,13-15H2,1-2H3,(H,22,24). The number of benzene rings is 2. The molecule has 2 N–H and O–H groups in total. The van der Waals surface area contributed by atoms with Gasteiger partial charge in [0.1, 0.15) is 5.75 Å². The summed E-state index contributed by atoms with van der Waals surface area (Å²) >= 11 is 0. The van der Waals surface area contributed by atoms with E-state index in [1.165, 1.54) is 12.1 Å². The topological polar surface area (TPSA) is 84.5 Å². The molecule has 7 heteroatoms. The Kier molecular flexibility index (Phi) is 5.93. The van der Waals surface area contributed by atoms with Gasteiger partial charge in [0.2, 0.25) is 5.91 Å². The van der Waals surface area contributed by atoms with E-state index in [-0.39, 0.29) is 10.8 Å². The summed E-state index contributed by atoms with van der Waals surface area (Å²) in [6.07, 6.45) is 2.54. The van der Waals surface area contributed by atoms with Crippen molar-refractivity contribution in [3.05, 3.63) is 54.1 Å². The Morgan fingerprint density at radius 3 is 2.21 bits per heavy atom. The van der Waals surface area contributed by atoms with Crippen LogP contribution in [0.25, 0.3) is 0 Å². The van der Waals surface area contributed by atoms with Crippen LogP contribution >= 0.6 is 0 Å². The van der Waals surface area contributed by atoms with Crippen molar-refractivity contribution in [1.82, 2.24) is 5.32 Å². The summed E-state index contributed by atoms with van der Waals surface area (Å²) in [6.45, 7) is 5.08. The molecule has 0 aliphatic heterocycles. The molecule has 28 heavy (non-hydrogen) atoms. The molecule has 1 aliphatic carbocycles. The number of hydrogen-bond donors (Lipinski definition) is 2. The number of amides is 1. The Hall–Kier alpha value is -2.54. The maximum atomic E-state index is 12.6. The van der Waals surface area contributed by atoms with E-state index < -0.39 is 15.4 Å². The van der Waals surface area contributed by atoms with Crippen LogP contribution in [-0.4, -0.2) is 27.5 Å². The first-order chi connectivity index (χ1) is 13.4. The van der Waals surface area contributed by atoms with Gasteiger partial charge in [-0.05, 0) is 68.1 Å². The molecule has 1 amide bonds. The normalized spacial score (nSPS) is 14.9. The van der Waals surface area contributed by atoms with E-state index in [1.807, 2.05) is 26.0 Å². The Bertz CT molecular complexity index is 918. The second-order valence-corrected chi connectivity index (χ2v) is 8.61. The lowest BCUT2D eigenvalue weighted by Gasteiger charge is -2.16. The lowest BCUT2D eigenvalue weighted by Crippen LogP contribution is -2.35. The fraction of sp³-hybridized carbons (Fsp3) is 0.381. The van der Waals surface area contributed by atoms with Crippen LogP contribution in [0, 0.1) is 0 Å². The number of nitrogens with one attached hydrogen (secondary N) is 2. The quantitative estimate of drug-likeness (QED) is 0.673. The molecule has 0 radical (unpaired) electrons. The zero-order valence-corrected chi connectivity index (χ0v) is 17.0. The van der Waals surface area contributed by atoms with Crippen LogP contribution in [0.5, 0.6) is 5.75 Å². The zero-order valence-electron chi connectivity index (χ0n) is 16.2. The van der Waals surface area contributed by atoms with E-state index in [4.69, 9.17) is 4.74 Å². The predicted molar refractivity (Wildman–Crippen MR) is 109 cm³/mol. The monoisotopic (exact) mass is 402 g/mol. The van der Waals surface area contributed by atoms with E-state index in [0.29, 0.717) is 24.6 Å². The zero-order chi connectivity index (χ0) is 20.2. The summed E-state index contributed by atoms with van der Waals surface area (Å²) < 4.78 is 33.1. The van der Waals surface area contributed by atoms with Crippen molar-refractivity contribution in [1.29, 1.82) is 0 Å². The minimum atomic E-state index is -3.69. The average Bonchev–Trinajstić information content (AvgIpc) is 3.49. The third-order valence-corrected chi connectivity index (χ3v) is 6.25. The molecule has 0 aromatic heterocycles. The molecule has 1 fully saturated rings. The van der Waals surface area contributed by atoms with Crippen molar-refractivity contribution in [3.63, 3.8) is 0 Å². The molecule has 0 heterocycles. The highest BCUT2D eigenvalue weighted by Crippen LogP contribution is 2.48. The van der Waals surface area contributed by atoms with Gasteiger partial charge >= 0.3 is 0 Å². The molecule has 1 aliphatic rings. The Labute approximate surface area is 166 Å². The van der Waals surface area contributed by atoms with Gasteiger partial charge in [-0.25, -0.2) is 8.42 Å². The third kappa shape index (κ3) is 4.30. The van der Waals surface area contributed by atoms with Gasteiger partial charge in [0.25, 0.3) is 10.0 Å². The van der Waals surface area contributed by atoms with Crippen molar-refractivity contribution in [3.8, 4) is 5.75 Å². The summed E-state index contributed by atoms with van der Waals surface area (Å²) in [5, 5.41) is 2.96. The van der Waals surface area contributed by atoms with Crippen LogP contribution in [-0.2, 0) is 20.2 Å². The number of ether oxygens (including phenoxy) is 1. The van der Waals surface area contributed by atoms with E-state index in [9.17, 15) is 13.2 Å². The van der Waals surface area contributed by atoms with Gasteiger partial charge in [0, 0.05) is 12.2 Å². The maximum Gasteiger partial charge on any atom is 0.261 e. The first-order valence-electron chi connectivity index (χ1n) is 9.56. The highest BCUT2D eigenvalue weighted by Gasteiger charge is 2.50. The van der Waals surface area contributed by atoms with E-state index in [0.717, 1.165) is 24.8 Å². The second-order valence-electron chi connectivity index (χ2n) is 6.93. The number of carbonyl (C=O) groups is 1. The van der Waals surface area contributed by atoms with E-state index in [1.54, 1.807) is 24.3 Å². The predicted octanol–water partition coefficient (Wildman–Crippen LogP) is 3.44. The highest BCUT2D eigenvalue weighted by atomic mass is 32.2. The van der Waals surface area contributed by atoms with Gasteiger partial charge in [0.05, 0.1) is 16.9 Å².